The topological polar surface area (TPSA) is 55.1 Å². The molecule has 3 nitrogen and oxygen atoms in total. The van der Waals surface area contributed by atoms with Crippen LogP contribution in [0.5, 0.6) is 0 Å². The number of carbonyl (C=O) groups is 1. The quantitative estimate of drug-likeness (QED) is 0.790. The first-order valence-electron chi connectivity index (χ1n) is 5.62. The summed E-state index contributed by atoms with van der Waals surface area (Å²) >= 11 is 1.47. The van der Waals surface area contributed by atoms with Crippen molar-refractivity contribution in [2.75, 3.05) is 5.75 Å². The molecular weight excluding hydrogens is 232 g/mol. The van der Waals surface area contributed by atoms with Gasteiger partial charge in [0.1, 0.15) is 0 Å². The zero-order valence-electron chi connectivity index (χ0n) is 10.6. The van der Waals surface area contributed by atoms with Crippen molar-refractivity contribution < 1.29 is 4.79 Å². The van der Waals surface area contributed by atoms with Crippen LogP contribution in [-0.4, -0.2) is 17.2 Å². The molecule has 0 radical (unpaired) electrons. The molecule has 0 saturated heterocycles. The number of benzene rings is 1. The Bertz CT molecular complexity index is 368. The SMILES string of the molecule is CC(C)(C)NCc1ccc(SCC(N)=O)cc1. The van der Waals surface area contributed by atoms with E-state index in [-0.39, 0.29) is 11.4 Å². The van der Waals surface area contributed by atoms with E-state index in [1.165, 1.54) is 17.3 Å². The fraction of sp³-hybridized carbons (Fsp3) is 0.462. The van der Waals surface area contributed by atoms with Gasteiger partial charge in [-0.3, -0.25) is 4.79 Å². The second-order valence-electron chi connectivity index (χ2n) is 5.00. The lowest BCUT2D eigenvalue weighted by molar-refractivity contribution is -0.115. The van der Waals surface area contributed by atoms with Crippen LogP contribution in [0.2, 0.25) is 0 Å². The Morgan fingerprint density at radius 1 is 1.29 bits per heavy atom. The van der Waals surface area contributed by atoms with Crippen molar-refractivity contribution in [1.29, 1.82) is 0 Å². The maximum Gasteiger partial charge on any atom is 0.227 e. The van der Waals surface area contributed by atoms with Crippen LogP contribution < -0.4 is 11.1 Å². The molecule has 4 heteroatoms. The van der Waals surface area contributed by atoms with Crippen LogP contribution in [0.4, 0.5) is 0 Å². The van der Waals surface area contributed by atoms with Crippen molar-refractivity contribution in [2.45, 2.75) is 37.8 Å². The number of thioether (sulfide) groups is 1. The smallest absolute Gasteiger partial charge is 0.227 e. The van der Waals surface area contributed by atoms with Gasteiger partial charge in [-0.2, -0.15) is 0 Å². The summed E-state index contributed by atoms with van der Waals surface area (Å²) in [5.41, 5.74) is 6.46. The summed E-state index contributed by atoms with van der Waals surface area (Å²) in [7, 11) is 0. The molecule has 1 aromatic carbocycles. The number of amides is 1. The second kappa shape index (κ2) is 6.07. The number of hydrogen-bond acceptors (Lipinski definition) is 3. The Morgan fingerprint density at radius 2 is 1.88 bits per heavy atom. The molecule has 17 heavy (non-hydrogen) atoms. The van der Waals surface area contributed by atoms with Gasteiger partial charge in [-0.1, -0.05) is 12.1 Å². The molecule has 0 spiro atoms. The van der Waals surface area contributed by atoms with Gasteiger partial charge in [-0.15, -0.1) is 11.8 Å². The molecule has 0 aliphatic rings. The first kappa shape index (κ1) is 14.1. The molecule has 0 bridgehead atoms. The first-order valence-corrected chi connectivity index (χ1v) is 6.60. The van der Waals surface area contributed by atoms with Gasteiger partial charge in [0.25, 0.3) is 0 Å². The van der Waals surface area contributed by atoms with E-state index < -0.39 is 0 Å². The highest BCUT2D eigenvalue weighted by Gasteiger charge is 2.08. The number of hydrogen-bond donors (Lipinski definition) is 2. The van der Waals surface area contributed by atoms with Crippen LogP contribution in [0.15, 0.2) is 29.2 Å². The molecule has 0 heterocycles. The molecule has 0 aliphatic heterocycles. The molecule has 1 amide bonds. The average Bonchev–Trinajstić information content (AvgIpc) is 2.24. The monoisotopic (exact) mass is 252 g/mol. The van der Waals surface area contributed by atoms with Crippen molar-refractivity contribution in [3.05, 3.63) is 29.8 Å². The van der Waals surface area contributed by atoms with Crippen LogP contribution in [0.1, 0.15) is 26.3 Å². The maximum absolute atomic E-state index is 10.6. The fourth-order valence-corrected chi connectivity index (χ4v) is 1.86. The van der Waals surface area contributed by atoms with E-state index >= 15 is 0 Å². The molecule has 0 fully saturated rings. The average molecular weight is 252 g/mol. The zero-order chi connectivity index (χ0) is 12.9. The third-order valence-electron chi connectivity index (χ3n) is 2.13. The minimum absolute atomic E-state index is 0.124. The number of nitrogens with two attached hydrogens (primary N) is 1. The lowest BCUT2D eigenvalue weighted by Gasteiger charge is -2.20. The van der Waals surface area contributed by atoms with Gasteiger partial charge in [0, 0.05) is 17.0 Å². The third-order valence-corrected chi connectivity index (χ3v) is 3.16. The van der Waals surface area contributed by atoms with Crippen LogP contribution in [-0.2, 0) is 11.3 Å². The van der Waals surface area contributed by atoms with E-state index in [1.54, 1.807) is 0 Å². The molecule has 1 rings (SSSR count). The Balaban J connectivity index is 2.47. The van der Waals surface area contributed by atoms with E-state index in [9.17, 15) is 4.79 Å². The Labute approximate surface area is 107 Å². The standard InChI is InChI=1S/C13H20N2OS/c1-13(2,3)15-8-10-4-6-11(7-5-10)17-9-12(14)16/h4-7,15H,8-9H2,1-3H3,(H2,14,16). The molecule has 94 valence electrons. The molecule has 0 saturated carbocycles. The van der Waals surface area contributed by atoms with E-state index in [4.69, 9.17) is 5.73 Å². The van der Waals surface area contributed by atoms with Crippen molar-refractivity contribution in [3.63, 3.8) is 0 Å². The van der Waals surface area contributed by atoms with Gasteiger partial charge in [-0.25, -0.2) is 0 Å². The minimum Gasteiger partial charge on any atom is -0.369 e. The highest BCUT2D eigenvalue weighted by atomic mass is 32.2. The first-order chi connectivity index (χ1) is 7.87. The van der Waals surface area contributed by atoms with Gasteiger partial charge in [0.15, 0.2) is 0 Å². The largest absolute Gasteiger partial charge is 0.369 e. The Kier molecular flexibility index (Phi) is 5.02. The normalized spacial score (nSPS) is 11.5. The van der Waals surface area contributed by atoms with Gasteiger partial charge < -0.3 is 11.1 Å². The van der Waals surface area contributed by atoms with Crippen molar-refractivity contribution >= 4 is 17.7 Å². The van der Waals surface area contributed by atoms with Crippen LogP contribution in [0, 0.1) is 0 Å². The number of carbonyl (C=O) groups excluding carboxylic acids is 1. The summed E-state index contributed by atoms with van der Waals surface area (Å²) in [6.07, 6.45) is 0. The highest BCUT2D eigenvalue weighted by Crippen LogP contribution is 2.18. The molecule has 1 aromatic rings. The number of primary amides is 1. The number of nitrogens with one attached hydrogen (secondary N) is 1. The molecule has 0 atom stereocenters. The predicted molar refractivity (Wildman–Crippen MR) is 73.0 cm³/mol. The van der Waals surface area contributed by atoms with Crippen molar-refractivity contribution in [3.8, 4) is 0 Å². The molecule has 0 aromatic heterocycles. The third kappa shape index (κ3) is 6.34. The fourth-order valence-electron chi connectivity index (χ4n) is 1.23. The second-order valence-corrected chi connectivity index (χ2v) is 6.05. The summed E-state index contributed by atoms with van der Waals surface area (Å²) < 4.78 is 0. The van der Waals surface area contributed by atoms with Gasteiger partial charge in [0.05, 0.1) is 5.75 Å². The minimum atomic E-state index is -0.284. The van der Waals surface area contributed by atoms with Crippen LogP contribution >= 0.6 is 11.8 Å². The van der Waals surface area contributed by atoms with E-state index in [0.29, 0.717) is 5.75 Å². The predicted octanol–water partition coefficient (Wildman–Crippen LogP) is 2.15. The van der Waals surface area contributed by atoms with Crippen molar-refractivity contribution in [2.24, 2.45) is 5.73 Å². The van der Waals surface area contributed by atoms with E-state index in [0.717, 1.165) is 11.4 Å². The Morgan fingerprint density at radius 3 is 2.35 bits per heavy atom. The van der Waals surface area contributed by atoms with Crippen LogP contribution in [0.25, 0.3) is 0 Å². The summed E-state index contributed by atoms with van der Waals surface area (Å²) in [6, 6.07) is 8.19. The summed E-state index contributed by atoms with van der Waals surface area (Å²) in [4.78, 5) is 11.7. The van der Waals surface area contributed by atoms with Gasteiger partial charge in [0.2, 0.25) is 5.91 Å². The molecular formula is C13H20N2OS. The molecule has 0 aliphatic carbocycles. The van der Waals surface area contributed by atoms with Gasteiger partial charge in [-0.05, 0) is 38.5 Å². The summed E-state index contributed by atoms with van der Waals surface area (Å²) in [5, 5.41) is 3.43. The maximum atomic E-state index is 10.6. The lowest BCUT2D eigenvalue weighted by Crippen LogP contribution is -2.35. The molecule has 3 N–H and O–H groups in total. The Hall–Kier alpha value is -1.00. The van der Waals surface area contributed by atoms with Crippen molar-refractivity contribution in [1.82, 2.24) is 5.32 Å². The molecule has 0 unspecified atom stereocenters. The lowest BCUT2D eigenvalue weighted by atomic mass is 10.1. The highest BCUT2D eigenvalue weighted by molar-refractivity contribution is 8.00. The van der Waals surface area contributed by atoms with E-state index in [2.05, 4.69) is 38.2 Å². The zero-order valence-corrected chi connectivity index (χ0v) is 11.4. The summed E-state index contributed by atoms with van der Waals surface area (Å²) in [5.74, 6) is 0.0491. The summed E-state index contributed by atoms with van der Waals surface area (Å²) in [6.45, 7) is 7.28. The van der Waals surface area contributed by atoms with Gasteiger partial charge >= 0.3 is 0 Å². The van der Waals surface area contributed by atoms with E-state index in [1.807, 2.05) is 12.1 Å². The number of rotatable bonds is 5. The van der Waals surface area contributed by atoms with Crippen LogP contribution in [0.3, 0.4) is 0 Å².